The first kappa shape index (κ1) is 66.4. The maximum Gasteiger partial charge on any atom is 0.182 e. The summed E-state index contributed by atoms with van der Waals surface area (Å²) < 4.78 is 96.8. The largest absolute Gasteiger partial charge is 0.353 e. The average Bonchev–Trinajstić information content (AvgIpc) is 0.770. The summed E-state index contributed by atoms with van der Waals surface area (Å²) in [4.78, 5) is 8.87. The van der Waals surface area contributed by atoms with Gasteiger partial charge < -0.3 is 29.8 Å². The zero-order valence-electron chi connectivity index (χ0n) is 52.3. The summed E-state index contributed by atoms with van der Waals surface area (Å²) in [5, 5.41) is 2.97. The lowest BCUT2D eigenvalue weighted by molar-refractivity contribution is 0.510. The second-order valence-electron chi connectivity index (χ2n) is 22.1. The summed E-state index contributed by atoms with van der Waals surface area (Å²) in [6.45, 7) is 0. The van der Waals surface area contributed by atoms with Crippen LogP contribution in [0.5, 0.6) is 0 Å². The van der Waals surface area contributed by atoms with Gasteiger partial charge in [-0.15, -0.1) is 0 Å². The second-order valence-corrected chi connectivity index (χ2v) is 24.0. The van der Waals surface area contributed by atoms with Crippen LogP contribution in [0.3, 0.4) is 0 Å². The zero-order chi connectivity index (χ0) is 67.7. The van der Waals surface area contributed by atoms with E-state index in [4.69, 9.17) is 0 Å². The third kappa shape index (κ3) is 15.9. The molecule has 0 aliphatic rings. The third-order valence-electron chi connectivity index (χ3n) is 15.6. The number of halogens is 8. The molecule has 0 aliphatic heterocycles. The van der Waals surface area contributed by atoms with Gasteiger partial charge in [-0.25, -0.2) is 26.3 Å². The molecule has 0 amide bonds. The van der Waals surface area contributed by atoms with Gasteiger partial charge in [0.25, 0.3) is 0 Å². The molecule has 0 heterocycles. The Morgan fingerprint density at radius 2 is 0.449 bits per heavy atom. The Kier molecular flexibility index (Phi) is 21.5. The maximum absolute atomic E-state index is 16.6. The number of anilines is 17. The van der Waals surface area contributed by atoms with Crippen LogP contribution < -0.4 is 29.8 Å². The van der Waals surface area contributed by atoms with Crippen LogP contribution in [0.25, 0.3) is 0 Å². The first-order valence-corrected chi connectivity index (χ1v) is 32.8. The SMILES string of the molecule is Brc1cccc(Br)c1.Fc1cc(N(c2ccccc2)c2ccccc2)cc(N(c2ccccc2)c2cccc(N(c3ccccc3)c3cc(N(c4ccccc4)c4ccccc4)cc(F)c3F)c2)c1F.Fc1cc(N(c2ccccc2)c2ccccc2)cc(Nc2ccccc2)c1F. The minimum atomic E-state index is -1.06. The van der Waals surface area contributed by atoms with Crippen molar-refractivity contribution in [2.45, 2.75) is 0 Å². The molecule has 14 heteroatoms. The van der Waals surface area contributed by atoms with E-state index in [9.17, 15) is 8.78 Å². The smallest absolute Gasteiger partial charge is 0.182 e. The first-order chi connectivity index (χ1) is 47.9. The molecule has 14 rings (SSSR count). The quantitative estimate of drug-likeness (QED) is 0.0914. The van der Waals surface area contributed by atoms with E-state index in [1.54, 1.807) is 88.7 Å². The summed E-state index contributed by atoms with van der Waals surface area (Å²) in [6, 6.07) is 108. The van der Waals surface area contributed by atoms with E-state index >= 15 is 17.6 Å². The van der Waals surface area contributed by atoms with Gasteiger partial charge in [-0.1, -0.05) is 208 Å². The van der Waals surface area contributed by atoms with Crippen molar-refractivity contribution in [2.75, 3.05) is 29.8 Å². The molecule has 482 valence electrons. The van der Waals surface area contributed by atoms with E-state index in [2.05, 4.69) is 37.2 Å². The Balaban J connectivity index is 0.000000208. The highest BCUT2D eigenvalue weighted by Gasteiger charge is 2.28. The van der Waals surface area contributed by atoms with Gasteiger partial charge >= 0.3 is 0 Å². The van der Waals surface area contributed by atoms with Crippen LogP contribution >= 0.6 is 31.9 Å². The van der Waals surface area contributed by atoms with Crippen LogP contribution in [-0.2, 0) is 0 Å². The summed E-state index contributed by atoms with van der Waals surface area (Å²) in [6.07, 6.45) is 0. The number of hydrogen-bond acceptors (Lipinski definition) is 6. The molecule has 0 radical (unpaired) electrons. The van der Waals surface area contributed by atoms with Crippen LogP contribution in [0.4, 0.5) is 123 Å². The lowest BCUT2D eigenvalue weighted by atomic mass is 10.1. The van der Waals surface area contributed by atoms with Crippen molar-refractivity contribution in [3.05, 3.63) is 402 Å². The summed E-state index contributed by atoms with van der Waals surface area (Å²) in [7, 11) is 0. The Morgan fingerprint density at radius 1 is 0.204 bits per heavy atom. The lowest BCUT2D eigenvalue weighted by Gasteiger charge is -2.32. The van der Waals surface area contributed by atoms with Gasteiger partial charge in [0.2, 0.25) is 0 Å². The molecule has 0 saturated heterocycles. The van der Waals surface area contributed by atoms with Gasteiger partial charge in [-0.2, -0.15) is 0 Å². The van der Waals surface area contributed by atoms with Gasteiger partial charge in [0, 0.05) is 89.7 Å². The Morgan fingerprint density at radius 3 is 0.735 bits per heavy atom. The van der Waals surface area contributed by atoms with E-state index in [0.29, 0.717) is 45.5 Å². The Hall–Kier alpha value is -11.6. The summed E-state index contributed by atoms with van der Waals surface area (Å²) in [5.41, 5.74) is 8.57. The summed E-state index contributed by atoms with van der Waals surface area (Å²) in [5.74, 6) is -6.04. The Labute approximate surface area is 582 Å². The van der Waals surface area contributed by atoms with Crippen LogP contribution in [0.2, 0.25) is 0 Å². The van der Waals surface area contributed by atoms with Gasteiger partial charge in [-0.3, -0.25) is 0 Å². The third-order valence-corrected chi connectivity index (χ3v) is 16.5. The molecule has 1 N–H and O–H groups in total. The van der Waals surface area contributed by atoms with Crippen molar-refractivity contribution in [3.63, 3.8) is 0 Å². The topological polar surface area (TPSA) is 28.2 Å². The van der Waals surface area contributed by atoms with Gasteiger partial charge in [0.05, 0.1) is 34.1 Å². The number of para-hydroxylation sites is 9. The molecular formula is C84H60Br2F6N6. The van der Waals surface area contributed by atoms with Crippen molar-refractivity contribution in [1.82, 2.24) is 0 Å². The van der Waals surface area contributed by atoms with E-state index in [-0.39, 0.29) is 17.1 Å². The highest BCUT2D eigenvalue weighted by atomic mass is 79.9. The average molecular weight is 1430 g/mol. The normalized spacial score (nSPS) is 10.7. The predicted molar refractivity (Wildman–Crippen MR) is 398 cm³/mol. The van der Waals surface area contributed by atoms with Crippen LogP contribution in [0, 0.1) is 34.9 Å². The molecule has 0 bridgehead atoms. The molecule has 0 aromatic heterocycles. The van der Waals surface area contributed by atoms with E-state index in [1.165, 1.54) is 18.2 Å². The van der Waals surface area contributed by atoms with Crippen molar-refractivity contribution < 1.29 is 26.3 Å². The van der Waals surface area contributed by atoms with Crippen LogP contribution in [0.15, 0.2) is 367 Å². The highest BCUT2D eigenvalue weighted by Crippen LogP contribution is 2.47. The predicted octanol–water partition coefficient (Wildman–Crippen LogP) is 26.5. The number of nitrogens with zero attached hydrogens (tertiary/aromatic N) is 5. The Bertz CT molecular complexity index is 4560. The minimum Gasteiger partial charge on any atom is -0.353 e. The molecule has 14 aromatic carbocycles. The van der Waals surface area contributed by atoms with Crippen molar-refractivity contribution in [3.8, 4) is 0 Å². The summed E-state index contributed by atoms with van der Waals surface area (Å²) >= 11 is 6.66. The molecule has 98 heavy (non-hydrogen) atoms. The first-order valence-electron chi connectivity index (χ1n) is 31.2. The van der Waals surface area contributed by atoms with Gasteiger partial charge in [0.1, 0.15) is 0 Å². The van der Waals surface area contributed by atoms with Gasteiger partial charge in [0.15, 0.2) is 34.9 Å². The van der Waals surface area contributed by atoms with Crippen LogP contribution in [-0.4, -0.2) is 0 Å². The fourth-order valence-corrected chi connectivity index (χ4v) is 12.3. The van der Waals surface area contributed by atoms with Gasteiger partial charge in [-0.05, 0) is 164 Å². The highest BCUT2D eigenvalue weighted by molar-refractivity contribution is 9.11. The number of rotatable bonds is 17. The molecule has 0 atom stereocenters. The molecule has 0 fully saturated rings. The molecule has 0 saturated carbocycles. The number of hydrogen-bond donors (Lipinski definition) is 1. The zero-order valence-corrected chi connectivity index (χ0v) is 55.5. The van der Waals surface area contributed by atoms with Crippen molar-refractivity contribution in [2.24, 2.45) is 0 Å². The van der Waals surface area contributed by atoms with Crippen LogP contribution in [0.1, 0.15) is 0 Å². The molecule has 0 spiro atoms. The maximum atomic E-state index is 16.6. The lowest BCUT2D eigenvalue weighted by Crippen LogP contribution is -2.17. The minimum absolute atomic E-state index is 0.0629. The molecule has 6 nitrogen and oxygen atoms in total. The molecule has 14 aromatic rings. The number of benzene rings is 14. The second kappa shape index (κ2) is 31.8. The van der Waals surface area contributed by atoms with E-state index in [0.717, 1.165) is 43.1 Å². The monoisotopic (exact) mass is 1420 g/mol. The molecule has 0 unspecified atom stereocenters. The van der Waals surface area contributed by atoms with Crippen molar-refractivity contribution >= 4 is 129 Å². The fourth-order valence-electron chi connectivity index (χ4n) is 11.2. The fraction of sp³-hybridized carbons (Fsp3) is 0. The standard InChI is InChI=1S/C54H38F4N4.C24H18F2N2.C6H4Br2/c55-49-35-47(59(39-20-7-1-8-21-39)40-22-9-2-10-23-40)37-51(53(49)57)61(43-28-15-5-16-29-43)45-32-19-33-46(34-45)62(44-30-17-6-18-31-44)52-38-48(36-50(56)54(52)58)60(41-24-11-3-12-25-41)42-26-13-4-14-27-42;25-22-16-21(17-23(24(22)26)27-18-10-4-1-5-11-18)28(19-12-6-2-7-13-19)20-14-8-3-9-15-20;7-5-2-1-3-6(8)4-5/h1-38H;1-17,27H;1-4H. The van der Waals surface area contributed by atoms with E-state index < -0.39 is 34.9 Å². The number of nitrogens with one attached hydrogen (secondary N) is 1. The molecular weight excluding hydrogens is 1370 g/mol. The van der Waals surface area contributed by atoms with E-state index in [1.807, 2.05) is 276 Å². The molecule has 0 aliphatic carbocycles. The van der Waals surface area contributed by atoms with Crippen molar-refractivity contribution in [1.29, 1.82) is 0 Å².